The molecule has 1 aromatic heterocycles. The summed E-state index contributed by atoms with van der Waals surface area (Å²) >= 11 is 6.00. The van der Waals surface area contributed by atoms with Crippen molar-refractivity contribution in [1.82, 2.24) is 20.5 Å². The number of aromatic nitrogens is 1. The first-order valence-electron chi connectivity index (χ1n) is 9.61. The van der Waals surface area contributed by atoms with E-state index in [0.29, 0.717) is 31.1 Å². The lowest BCUT2D eigenvalue weighted by Gasteiger charge is -2.17. The molecule has 152 valence electrons. The first-order valence-corrected chi connectivity index (χ1v) is 9.99. The number of rotatable bonds is 10. The Bertz CT molecular complexity index is 795. The second kappa shape index (κ2) is 11.5. The lowest BCUT2D eigenvalue weighted by atomic mass is 10.2. The Morgan fingerprint density at radius 2 is 1.75 bits per heavy atom. The van der Waals surface area contributed by atoms with Crippen LogP contribution >= 0.6 is 11.6 Å². The third-order valence-electron chi connectivity index (χ3n) is 4.47. The SMILES string of the molecule is CCN(CC)CCNC(=O)C(=O)NCCCNc1ccnc2cc(Cl)ccc12. The second-order valence-corrected chi connectivity index (χ2v) is 6.78. The van der Waals surface area contributed by atoms with Gasteiger partial charge < -0.3 is 20.9 Å². The highest BCUT2D eigenvalue weighted by atomic mass is 35.5. The fourth-order valence-corrected chi connectivity index (χ4v) is 2.98. The minimum atomic E-state index is -0.594. The van der Waals surface area contributed by atoms with Crippen LogP contribution in [0.2, 0.25) is 5.02 Å². The van der Waals surface area contributed by atoms with Crippen molar-refractivity contribution in [3.05, 3.63) is 35.5 Å². The molecule has 0 saturated carbocycles. The summed E-state index contributed by atoms with van der Waals surface area (Å²) in [6.45, 7) is 8.26. The van der Waals surface area contributed by atoms with Crippen LogP contribution in [0.5, 0.6) is 0 Å². The van der Waals surface area contributed by atoms with E-state index < -0.39 is 11.8 Å². The molecule has 0 fully saturated rings. The third kappa shape index (κ3) is 6.65. The molecule has 8 heteroatoms. The van der Waals surface area contributed by atoms with Gasteiger partial charge in [-0.05, 0) is 43.8 Å². The highest BCUT2D eigenvalue weighted by molar-refractivity contribution is 6.35. The van der Waals surface area contributed by atoms with E-state index in [1.807, 2.05) is 24.3 Å². The number of hydrogen-bond donors (Lipinski definition) is 3. The summed E-state index contributed by atoms with van der Waals surface area (Å²) in [7, 11) is 0. The molecule has 2 aromatic rings. The minimum absolute atomic E-state index is 0.421. The molecule has 0 radical (unpaired) electrons. The average molecular weight is 406 g/mol. The maximum Gasteiger partial charge on any atom is 0.309 e. The number of fused-ring (bicyclic) bond motifs is 1. The molecular weight excluding hydrogens is 378 g/mol. The second-order valence-electron chi connectivity index (χ2n) is 6.34. The van der Waals surface area contributed by atoms with Crippen molar-refractivity contribution in [2.24, 2.45) is 0 Å². The van der Waals surface area contributed by atoms with E-state index in [1.54, 1.807) is 6.20 Å². The van der Waals surface area contributed by atoms with Gasteiger partial charge in [0.05, 0.1) is 5.52 Å². The summed E-state index contributed by atoms with van der Waals surface area (Å²) in [6.07, 6.45) is 2.42. The molecule has 2 rings (SSSR count). The molecule has 0 aliphatic heterocycles. The zero-order valence-corrected chi connectivity index (χ0v) is 17.2. The number of nitrogens with one attached hydrogen (secondary N) is 3. The van der Waals surface area contributed by atoms with Crippen LogP contribution in [-0.4, -0.2) is 61.0 Å². The van der Waals surface area contributed by atoms with Gasteiger partial charge >= 0.3 is 11.8 Å². The molecule has 0 spiro atoms. The standard InChI is InChI=1S/C20H28ClN5O2/c1-3-26(4-2)13-12-25-20(28)19(27)24-10-5-9-22-17-8-11-23-18-14-15(21)6-7-16(17)18/h6-8,11,14H,3-5,9-10,12-13H2,1-2H3,(H,22,23)(H,24,27)(H,25,28). The summed E-state index contributed by atoms with van der Waals surface area (Å²) < 4.78 is 0. The van der Waals surface area contributed by atoms with E-state index in [9.17, 15) is 9.59 Å². The van der Waals surface area contributed by atoms with Crippen molar-refractivity contribution in [3.8, 4) is 0 Å². The van der Waals surface area contributed by atoms with Gasteiger partial charge in [-0.15, -0.1) is 0 Å². The Kier molecular flexibility index (Phi) is 8.97. The number of carbonyl (C=O) groups is 2. The smallest absolute Gasteiger partial charge is 0.309 e. The van der Waals surface area contributed by atoms with Crippen molar-refractivity contribution >= 4 is 40.0 Å². The Balaban J connectivity index is 1.67. The van der Waals surface area contributed by atoms with Crippen molar-refractivity contribution < 1.29 is 9.59 Å². The zero-order chi connectivity index (χ0) is 20.4. The molecule has 0 saturated heterocycles. The summed E-state index contributed by atoms with van der Waals surface area (Å²) in [5, 5.41) is 10.3. The highest BCUT2D eigenvalue weighted by Crippen LogP contribution is 2.24. The van der Waals surface area contributed by atoms with Gasteiger partial charge in [0.15, 0.2) is 0 Å². The van der Waals surface area contributed by atoms with Gasteiger partial charge in [-0.2, -0.15) is 0 Å². The molecule has 2 amide bonds. The van der Waals surface area contributed by atoms with Crippen LogP contribution in [0.4, 0.5) is 5.69 Å². The summed E-state index contributed by atoms with van der Waals surface area (Å²) in [4.78, 5) is 30.1. The monoisotopic (exact) mass is 405 g/mol. The maximum atomic E-state index is 11.8. The number of benzene rings is 1. The topological polar surface area (TPSA) is 86.4 Å². The van der Waals surface area contributed by atoms with Crippen molar-refractivity contribution in [2.45, 2.75) is 20.3 Å². The van der Waals surface area contributed by atoms with Crippen LogP contribution in [0, 0.1) is 0 Å². The molecule has 7 nitrogen and oxygen atoms in total. The number of amides is 2. The van der Waals surface area contributed by atoms with Crippen LogP contribution in [0.25, 0.3) is 10.9 Å². The predicted molar refractivity (Wildman–Crippen MR) is 114 cm³/mol. The molecule has 1 aromatic carbocycles. The molecule has 3 N–H and O–H groups in total. The molecule has 1 heterocycles. The van der Waals surface area contributed by atoms with E-state index in [2.05, 4.69) is 39.7 Å². The molecule has 28 heavy (non-hydrogen) atoms. The van der Waals surface area contributed by atoms with Crippen LogP contribution in [0.3, 0.4) is 0 Å². The van der Waals surface area contributed by atoms with E-state index in [4.69, 9.17) is 11.6 Å². The molecule has 0 aliphatic carbocycles. The molecule has 0 unspecified atom stereocenters. The van der Waals surface area contributed by atoms with Gasteiger partial charge in [-0.25, -0.2) is 0 Å². The van der Waals surface area contributed by atoms with E-state index in [0.717, 1.165) is 36.2 Å². The molecule has 0 atom stereocenters. The largest absolute Gasteiger partial charge is 0.384 e. The first kappa shape index (κ1) is 21.9. The van der Waals surface area contributed by atoms with Crippen LogP contribution < -0.4 is 16.0 Å². The number of likely N-dealkylation sites (N-methyl/N-ethyl adjacent to an activating group) is 1. The Labute approximate surface area is 170 Å². The summed E-state index contributed by atoms with van der Waals surface area (Å²) in [5.74, 6) is -1.18. The number of carbonyl (C=O) groups excluding carboxylic acids is 2. The molecule has 0 aliphatic rings. The van der Waals surface area contributed by atoms with Crippen molar-refractivity contribution in [2.75, 3.05) is 44.6 Å². The van der Waals surface area contributed by atoms with E-state index in [1.165, 1.54) is 0 Å². The lowest BCUT2D eigenvalue weighted by Crippen LogP contribution is -2.43. The maximum absolute atomic E-state index is 11.8. The van der Waals surface area contributed by atoms with Gasteiger partial charge in [0.25, 0.3) is 0 Å². The van der Waals surface area contributed by atoms with Crippen LogP contribution in [0.1, 0.15) is 20.3 Å². The molecular formula is C20H28ClN5O2. The Morgan fingerprint density at radius 1 is 1.04 bits per heavy atom. The first-order chi connectivity index (χ1) is 13.5. The number of hydrogen-bond acceptors (Lipinski definition) is 5. The quantitative estimate of drug-likeness (QED) is 0.417. The van der Waals surface area contributed by atoms with Gasteiger partial charge in [-0.3, -0.25) is 14.6 Å². The number of halogens is 1. The van der Waals surface area contributed by atoms with Crippen LogP contribution in [0.15, 0.2) is 30.5 Å². The zero-order valence-electron chi connectivity index (χ0n) is 16.4. The minimum Gasteiger partial charge on any atom is -0.384 e. The van der Waals surface area contributed by atoms with Gasteiger partial charge in [0, 0.05) is 48.5 Å². The predicted octanol–water partition coefficient (Wildman–Crippen LogP) is 2.26. The summed E-state index contributed by atoms with van der Waals surface area (Å²) in [6, 6.07) is 7.48. The fourth-order valence-electron chi connectivity index (χ4n) is 2.82. The highest BCUT2D eigenvalue weighted by Gasteiger charge is 2.12. The number of anilines is 1. The van der Waals surface area contributed by atoms with Gasteiger partial charge in [-0.1, -0.05) is 25.4 Å². The lowest BCUT2D eigenvalue weighted by molar-refractivity contribution is -0.139. The van der Waals surface area contributed by atoms with Crippen molar-refractivity contribution in [3.63, 3.8) is 0 Å². The van der Waals surface area contributed by atoms with Crippen LogP contribution in [-0.2, 0) is 9.59 Å². The van der Waals surface area contributed by atoms with Gasteiger partial charge in [0.2, 0.25) is 0 Å². The van der Waals surface area contributed by atoms with E-state index in [-0.39, 0.29) is 0 Å². The normalized spacial score (nSPS) is 10.9. The fraction of sp³-hybridized carbons (Fsp3) is 0.450. The Hall–Kier alpha value is -2.38. The Morgan fingerprint density at radius 3 is 2.46 bits per heavy atom. The number of pyridine rings is 1. The summed E-state index contributed by atoms with van der Waals surface area (Å²) in [5.41, 5.74) is 1.79. The van der Waals surface area contributed by atoms with Gasteiger partial charge in [0.1, 0.15) is 0 Å². The van der Waals surface area contributed by atoms with Crippen molar-refractivity contribution in [1.29, 1.82) is 0 Å². The van der Waals surface area contributed by atoms with E-state index >= 15 is 0 Å². The average Bonchev–Trinajstić information content (AvgIpc) is 2.70. The number of nitrogens with zero attached hydrogens (tertiary/aromatic N) is 2. The molecule has 0 bridgehead atoms. The third-order valence-corrected chi connectivity index (χ3v) is 4.71.